The summed E-state index contributed by atoms with van der Waals surface area (Å²) in [6.45, 7) is 1.84. The third-order valence-electron chi connectivity index (χ3n) is 3.15. The van der Waals surface area contributed by atoms with Crippen molar-refractivity contribution >= 4 is 34.8 Å². The van der Waals surface area contributed by atoms with Crippen LogP contribution in [0.2, 0.25) is 10.0 Å². The molecule has 0 atom stereocenters. The Morgan fingerprint density at radius 3 is 2.91 bits per heavy atom. The Kier molecular flexibility index (Phi) is 3.88. The molecular weight excluding hydrogens is 321 g/mol. The van der Waals surface area contributed by atoms with Gasteiger partial charge in [0, 0.05) is 16.5 Å². The molecule has 2 N–H and O–H groups in total. The van der Waals surface area contributed by atoms with Gasteiger partial charge in [-0.25, -0.2) is 4.98 Å². The summed E-state index contributed by atoms with van der Waals surface area (Å²) in [5.74, 6) is 6.98. The smallest absolute Gasteiger partial charge is 0.254 e. The van der Waals surface area contributed by atoms with Crippen LogP contribution in [0.4, 0.5) is 5.82 Å². The summed E-state index contributed by atoms with van der Waals surface area (Å²) in [7, 11) is 0. The minimum Gasteiger partial charge on any atom is -0.382 e. The van der Waals surface area contributed by atoms with E-state index < -0.39 is 0 Å². The van der Waals surface area contributed by atoms with Gasteiger partial charge in [0.15, 0.2) is 0 Å². The molecule has 0 fully saturated rings. The Morgan fingerprint density at radius 1 is 1.32 bits per heavy atom. The maximum atomic E-state index is 6.13. The van der Waals surface area contributed by atoms with E-state index >= 15 is 0 Å². The molecule has 22 heavy (non-hydrogen) atoms. The fourth-order valence-corrected chi connectivity index (χ4v) is 2.50. The molecule has 110 valence electrons. The second-order valence-electron chi connectivity index (χ2n) is 4.64. The van der Waals surface area contributed by atoms with Crippen LogP contribution < -0.4 is 5.73 Å². The van der Waals surface area contributed by atoms with Crippen molar-refractivity contribution in [1.29, 1.82) is 0 Å². The summed E-state index contributed by atoms with van der Waals surface area (Å²) in [6.07, 6.45) is 1.90. The number of aromatic nitrogens is 4. The predicted molar refractivity (Wildman–Crippen MR) is 87.0 cm³/mol. The average molecular weight is 332 g/mol. The van der Waals surface area contributed by atoms with Crippen LogP contribution in [0.1, 0.15) is 16.8 Å². The number of halogens is 2. The summed E-state index contributed by atoms with van der Waals surface area (Å²) in [4.78, 5) is 8.33. The van der Waals surface area contributed by atoms with Gasteiger partial charge in [0.05, 0.1) is 11.3 Å². The lowest BCUT2D eigenvalue weighted by Crippen LogP contribution is -2.06. The predicted octanol–water partition coefficient (Wildman–Crippen LogP) is 2.92. The number of rotatable bonds is 1. The molecule has 0 bridgehead atoms. The molecule has 3 rings (SSSR count). The van der Waals surface area contributed by atoms with Gasteiger partial charge in [0.1, 0.15) is 12.1 Å². The molecule has 0 saturated heterocycles. The lowest BCUT2D eigenvalue weighted by Gasteiger charge is -2.04. The Balaban J connectivity index is 1.94. The number of fused-ring (bicyclic) bond motifs is 1. The quantitative estimate of drug-likeness (QED) is 0.696. The second kappa shape index (κ2) is 5.84. The number of nitrogens with zero attached hydrogens (tertiary/aromatic N) is 4. The summed E-state index contributed by atoms with van der Waals surface area (Å²) in [6, 6.07) is 5.34. The standard InChI is InChI=1S/C15H11Cl2N5/c1-9-12(14(18)22-15(21-9)19-8-20-22)4-2-3-10-5-6-11(16)7-13(10)17/h5-8H,3,18H2,1H3. The van der Waals surface area contributed by atoms with E-state index in [-0.39, 0.29) is 0 Å². The Labute approximate surface area is 137 Å². The van der Waals surface area contributed by atoms with Gasteiger partial charge in [0.2, 0.25) is 0 Å². The molecule has 0 amide bonds. The number of benzene rings is 1. The topological polar surface area (TPSA) is 69.1 Å². The highest BCUT2D eigenvalue weighted by Crippen LogP contribution is 2.21. The van der Waals surface area contributed by atoms with E-state index in [2.05, 4.69) is 26.9 Å². The summed E-state index contributed by atoms with van der Waals surface area (Å²) in [5, 5.41) is 5.22. The van der Waals surface area contributed by atoms with Crippen molar-refractivity contribution in [2.24, 2.45) is 0 Å². The van der Waals surface area contributed by atoms with Crippen LogP contribution in [0.15, 0.2) is 24.5 Å². The molecule has 7 heteroatoms. The molecule has 0 saturated carbocycles. The maximum absolute atomic E-state index is 6.13. The highest BCUT2D eigenvalue weighted by Gasteiger charge is 2.09. The fourth-order valence-electron chi connectivity index (χ4n) is 2.03. The molecule has 0 spiro atoms. The normalized spacial score (nSPS) is 10.5. The fraction of sp³-hybridized carbons (Fsp3) is 0.133. The molecular formula is C15H11Cl2N5. The number of hydrogen-bond acceptors (Lipinski definition) is 4. The lowest BCUT2D eigenvalue weighted by molar-refractivity contribution is 0.937. The van der Waals surface area contributed by atoms with Gasteiger partial charge in [-0.15, -0.1) is 0 Å². The Morgan fingerprint density at radius 2 is 2.14 bits per heavy atom. The summed E-state index contributed by atoms with van der Waals surface area (Å²) < 4.78 is 1.46. The van der Waals surface area contributed by atoms with Crippen molar-refractivity contribution in [3.05, 3.63) is 51.4 Å². The highest BCUT2D eigenvalue weighted by molar-refractivity contribution is 6.35. The summed E-state index contributed by atoms with van der Waals surface area (Å²) in [5.41, 5.74) is 8.33. The minimum absolute atomic E-state index is 0.426. The third-order valence-corrected chi connectivity index (χ3v) is 3.74. The Bertz CT molecular complexity index is 921. The zero-order chi connectivity index (χ0) is 15.7. The van der Waals surface area contributed by atoms with Crippen molar-refractivity contribution in [1.82, 2.24) is 19.6 Å². The molecule has 0 aliphatic rings. The van der Waals surface area contributed by atoms with Crippen LogP contribution in [-0.2, 0) is 6.42 Å². The van der Waals surface area contributed by atoms with Crippen molar-refractivity contribution in [3.63, 3.8) is 0 Å². The Hall–Kier alpha value is -2.29. The van der Waals surface area contributed by atoms with Crippen molar-refractivity contribution < 1.29 is 0 Å². The molecule has 0 aliphatic heterocycles. The van der Waals surface area contributed by atoms with E-state index in [0.29, 0.717) is 39.3 Å². The van der Waals surface area contributed by atoms with E-state index in [0.717, 1.165) is 5.56 Å². The van der Waals surface area contributed by atoms with Crippen molar-refractivity contribution in [2.75, 3.05) is 5.73 Å². The second-order valence-corrected chi connectivity index (χ2v) is 5.49. The largest absolute Gasteiger partial charge is 0.382 e. The van der Waals surface area contributed by atoms with Gasteiger partial charge in [0.25, 0.3) is 5.78 Å². The van der Waals surface area contributed by atoms with Crippen LogP contribution in [0.25, 0.3) is 5.78 Å². The zero-order valence-electron chi connectivity index (χ0n) is 11.6. The molecule has 3 aromatic rings. The van der Waals surface area contributed by atoms with Crippen LogP contribution in [-0.4, -0.2) is 19.6 Å². The molecule has 0 unspecified atom stereocenters. The first-order chi connectivity index (χ1) is 10.6. The van der Waals surface area contributed by atoms with Gasteiger partial charge in [-0.2, -0.15) is 14.6 Å². The molecule has 1 aromatic carbocycles. The van der Waals surface area contributed by atoms with Gasteiger partial charge in [-0.05, 0) is 24.6 Å². The van der Waals surface area contributed by atoms with Crippen LogP contribution in [0.3, 0.4) is 0 Å². The van der Waals surface area contributed by atoms with E-state index in [4.69, 9.17) is 28.9 Å². The minimum atomic E-state index is 0.426. The third kappa shape index (κ3) is 2.71. The van der Waals surface area contributed by atoms with Gasteiger partial charge in [-0.1, -0.05) is 41.1 Å². The SMILES string of the molecule is Cc1nc2ncnn2c(N)c1C#CCc1ccc(Cl)cc1Cl. The van der Waals surface area contributed by atoms with Gasteiger partial charge in [-0.3, -0.25) is 0 Å². The van der Waals surface area contributed by atoms with Crippen molar-refractivity contribution in [3.8, 4) is 11.8 Å². The molecule has 2 aromatic heterocycles. The first-order valence-electron chi connectivity index (χ1n) is 6.45. The highest BCUT2D eigenvalue weighted by atomic mass is 35.5. The van der Waals surface area contributed by atoms with Crippen LogP contribution in [0, 0.1) is 18.8 Å². The van der Waals surface area contributed by atoms with Crippen LogP contribution >= 0.6 is 23.2 Å². The molecule has 0 aliphatic carbocycles. The summed E-state index contributed by atoms with van der Waals surface area (Å²) >= 11 is 12.0. The van der Waals surface area contributed by atoms with E-state index in [9.17, 15) is 0 Å². The van der Waals surface area contributed by atoms with E-state index in [1.165, 1.54) is 10.8 Å². The number of nitrogens with two attached hydrogens (primary N) is 1. The monoisotopic (exact) mass is 331 g/mol. The first kappa shape index (κ1) is 14.6. The number of nitrogen functional groups attached to an aromatic ring is 1. The molecule has 2 heterocycles. The van der Waals surface area contributed by atoms with E-state index in [1.54, 1.807) is 12.1 Å². The molecule has 0 radical (unpaired) electrons. The number of anilines is 1. The maximum Gasteiger partial charge on any atom is 0.254 e. The molecule has 5 nitrogen and oxygen atoms in total. The van der Waals surface area contributed by atoms with Crippen LogP contribution in [0.5, 0.6) is 0 Å². The lowest BCUT2D eigenvalue weighted by atomic mass is 10.1. The van der Waals surface area contributed by atoms with Gasteiger partial charge < -0.3 is 5.73 Å². The number of aryl methyl sites for hydroxylation is 1. The van der Waals surface area contributed by atoms with Crippen molar-refractivity contribution in [2.45, 2.75) is 13.3 Å². The van der Waals surface area contributed by atoms with Gasteiger partial charge >= 0.3 is 0 Å². The zero-order valence-corrected chi connectivity index (χ0v) is 13.2. The first-order valence-corrected chi connectivity index (χ1v) is 7.20. The number of hydrogen-bond donors (Lipinski definition) is 1. The average Bonchev–Trinajstić information content (AvgIpc) is 2.92. The van der Waals surface area contributed by atoms with E-state index in [1.807, 2.05) is 13.0 Å².